The van der Waals surface area contributed by atoms with Crippen molar-refractivity contribution in [2.45, 2.75) is 18.9 Å². The molecular formula is C23H22BrN7O. The van der Waals surface area contributed by atoms with E-state index >= 15 is 0 Å². The maximum absolute atomic E-state index is 6.29. The Morgan fingerprint density at radius 1 is 1.19 bits per heavy atom. The molecule has 0 spiro atoms. The van der Waals surface area contributed by atoms with Crippen LogP contribution in [0, 0.1) is 0 Å². The Morgan fingerprint density at radius 2 is 2.06 bits per heavy atom. The van der Waals surface area contributed by atoms with Crippen molar-refractivity contribution in [3.8, 4) is 11.4 Å². The summed E-state index contributed by atoms with van der Waals surface area (Å²) in [6.45, 7) is 4.33. The predicted molar refractivity (Wildman–Crippen MR) is 126 cm³/mol. The predicted octanol–water partition coefficient (Wildman–Crippen LogP) is 3.64. The van der Waals surface area contributed by atoms with Crippen LogP contribution < -0.4 is 11.1 Å². The molecular weight excluding hydrogens is 470 g/mol. The lowest BCUT2D eigenvalue weighted by molar-refractivity contribution is 0.0278. The van der Waals surface area contributed by atoms with Crippen LogP contribution in [0.3, 0.4) is 0 Å². The smallest absolute Gasteiger partial charge is 0.165 e. The van der Waals surface area contributed by atoms with Gasteiger partial charge < -0.3 is 15.8 Å². The highest BCUT2D eigenvalue weighted by molar-refractivity contribution is 9.10. The van der Waals surface area contributed by atoms with E-state index < -0.39 is 0 Å². The van der Waals surface area contributed by atoms with Gasteiger partial charge in [0.05, 0.1) is 23.8 Å². The van der Waals surface area contributed by atoms with Crippen LogP contribution in [0.2, 0.25) is 0 Å². The maximum atomic E-state index is 6.29. The molecule has 9 heteroatoms. The summed E-state index contributed by atoms with van der Waals surface area (Å²) in [7, 11) is 0. The Balaban J connectivity index is 1.71. The zero-order valence-electron chi connectivity index (χ0n) is 17.5. The summed E-state index contributed by atoms with van der Waals surface area (Å²) in [5.74, 6) is 0.415. The van der Waals surface area contributed by atoms with Gasteiger partial charge >= 0.3 is 0 Å². The summed E-state index contributed by atoms with van der Waals surface area (Å²) < 4.78 is 7.01. The third-order valence-electron chi connectivity index (χ3n) is 5.77. The second-order valence-corrected chi connectivity index (χ2v) is 8.55. The number of benzene rings is 1. The van der Waals surface area contributed by atoms with Crippen molar-refractivity contribution < 1.29 is 4.74 Å². The first-order valence-electron chi connectivity index (χ1n) is 10.4. The van der Waals surface area contributed by atoms with Crippen molar-refractivity contribution >= 4 is 32.8 Å². The molecule has 0 bridgehead atoms. The Kier molecular flexibility index (Phi) is 5.77. The van der Waals surface area contributed by atoms with Crippen LogP contribution >= 0.6 is 15.9 Å². The highest BCUT2D eigenvalue weighted by atomic mass is 79.9. The number of nitrogens with one attached hydrogen (secondary N) is 1. The molecule has 2 atom stereocenters. The first-order valence-corrected chi connectivity index (χ1v) is 11.2. The number of halogens is 1. The number of hydrogen-bond donors (Lipinski definition) is 2. The number of anilines is 1. The summed E-state index contributed by atoms with van der Waals surface area (Å²) in [6, 6.07) is 12.1. The zero-order valence-corrected chi connectivity index (χ0v) is 19.1. The molecule has 0 saturated carbocycles. The van der Waals surface area contributed by atoms with E-state index in [2.05, 4.69) is 54.4 Å². The van der Waals surface area contributed by atoms with E-state index in [4.69, 9.17) is 15.5 Å². The van der Waals surface area contributed by atoms with Gasteiger partial charge in [0.25, 0.3) is 0 Å². The number of nitrogens with zero attached hydrogens (tertiary/aromatic N) is 5. The molecule has 4 heterocycles. The number of pyridine rings is 1. The molecule has 2 unspecified atom stereocenters. The van der Waals surface area contributed by atoms with E-state index in [-0.39, 0.29) is 12.0 Å². The monoisotopic (exact) mass is 491 g/mol. The van der Waals surface area contributed by atoms with Gasteiger partial charge in [-0.2, -0.15) is 5.10 Å². The summed E-state index contributed by atoms with van der Waals surface area (Å²) in [5.41, 5.74) is 11.2. The number of hydrogen-bond acceptors (Lipinski definition) is 8. The summed E-state index contributed by atoms with van der Waals surface area (Å²) >= 11 is 3.68. The Labute approximate surface area is 193 Å². The molecule has 1 aliphatic heterocycles. The van der Waals surface area contributed by atoms with E-state index in [9.17, 15) is 0 Å². The van der Waals surface area contributed by atoms with E-state index in [0.717, 1.165) is 33.1 Å². The van der Waals surface area contributed by atoms with Gasteiger partial charge in [-0.3, -0.25) is 0 Å². The molecule has 1 fully saturated rings. The molecule has 162 valence electrons. The molecule has 0 radical (unpaired) electrons. The molecule has 1 saturated heterocycles. The van der Waals surface area contributed by atoms with E-state index in [1.807, 2.05) is 30.3 Å². The second kappa shape index (κ2) is 8.85. The number of nitrogen functional groups attached to an aromatic ring is 1. The molecule has 0 amide bonds. The van der Waals surface area contributed by atoms with Crippen molar-refractivity contribution in [2.24, 2.45) is 0 Å². The third kappa shape index (κ3) is 3.83. The fourth-order valence-electron chi connectivity index (χ4n) is 4.14. The normalized spacial score (nSPS) is 17.4. The quantitative estimate of drug-likeness (QED) is 0.444. The van der Waals surface area contributed by atoms with Crippen molar-refractivity contribution in [3.63, 3.8) is 0 Å². The summed E-state index contributed by atoms with van der Waals surface area (Å²) in [6.07, 6.45) is 3.00. The Bertz CT molecular complexity index is 1280. The average Bonchev–Trinajstić information content (AvgIpc) is 2.84. The lowest BCUT2D eigenvalue weighted by Gasteiger charge is -2.25. The molecule has 1 aliphatic rings. The number of aromatic nitrogens is 5. The lowest BCUT2D eigenvalue weighted by atomic mass is 9.90. The highest BCUT2D eigenvalue weighted by Crippen LogP contribution is 2.37. The van der Waals surface area contributed by atoms with Crippen LogP contribution in [0.25, 0.3) is 22.4 Å². The van der Waals surface area contributed by atoms with E-state index in [1.54, 1.807) is 6.20 Å². The van der Waals surface area contributed by atoms with E-state index in [1.165, 1.54) is 6.33 Å². The van der Waals surface area contributed by atoms with Gasteiger partial charge in [0, 0.05) is 35.2 Å². The van der Waals surface area contributed by atoms with Crippen LogP contribution in [0.1, 0.15) is 35.6 Å². The molecule has 3 N–H and O–H groups in total. The van der Waals surface area contributed by atoms with Crippen molar-refractivity contribution in [1.82, 2.24) is 30.5 Å². The van der Waals surface area contributed by atoms with Gasteiger partial charge in [-0.25, -0.2) is 15.0 Å². The largest absolute Gasteiger partial charge is 0.383 e. The lowest BCUT2D eigenvalue weighted by Crippen LogP contribution is -2.33. The minimum Gasteiger partial charge on any atom is -0.383 e. The molecule has 5 rings (SSSR count). The molecule has 3 aromatic heterocycles. The fraction of sp³-hybridized carbons (Fsp3) is 0.261. The standard InChI is InChI=1S/C23H22BrN7O/c1-13(14-4-2-3-5-17(14)24)16-10-18(30-23-20(16)22(25)27-12-28-23)21-15(6-7-29-31-21)19-11-26-8-9-32-19/h2-7,10,12-13,19,26H,8-9,11H2,1H3,(H2,25,27,28,30). The maximum Gasteiger partial charge on any atom is 0.165 e. The second-order valence-electron chi connectivity index (χ2n) is 7.70. The van der Waals surface area contributed by atoms with Crippen molar-refractivity contribution in [3.05, 3.63) is 70.1 Å². The van der Waals surface area contributed by atoms with Gasteiger partial charge in [0.15, 0.2) is 5.65 Å². The minimum absolute atomic E-state index is 0.0100. The number of nitrogens with two attached hydrogens (primary N) is 1. The molecule has 32 heavy (non-hydrogen) atoms. The van der Waals surface area contributed by atoms with Gasteiger partial charge in [-0.15, -0.1) is 5.10 Å². The summed E-state index contributed by atoms with van der Waals surface area (Å²) in [4.78, 5) is 13.4. The topological polar surface area (TPSA) is 112 Å². The molecule has 8 nitrogen and oxygen atoms in total. The van der Waals surface area contributed by atoms with Gasteiger partial charge in [0.1, 0.15) is 17.8 Å². The van der Waals surface area contributed by atoms with Gasteiger partial charge in [-0.05, 0) is 29.3 Å². The van der Waals surface area contributed by atoms with Crippen LogP contribution in [-0.2, 0) is 4.74 Å². The van der Waals surface area contributed by atoms with E-state index in [0.29, 0.717) is 36.0 Å². The Morgan fingerprint density at radius 3 is 2.88 bits per heavy atom. The van der Waals surface area contributed by atoms with Crippen LogP contribution in [0.15, 0.2) is 53.4 Å². The number of morpholine rings is 1. The van der Waals surface area contributed by atoms with Crippen LogP contribution in [-0.4, -0.2) is 44.8 Å². The molecule has 0 aliphatic carbocycles. The minimum atomic E-state index is -0.119. The van der Waals surface area contributed by atoms with Gasteiger partial charge in [0.2, 0.25) is 0 Å². The zero-order chi connectivity index (χ0) is 22.1. The average molecular weight is 492 g/mol. The molecule has 4 aromatic rings. The van der Waals surface area contributed by atoms with Crippen LogP contribution in [0.4, 0.5) is 5.82 Å². The summed E-state index contributed by atoms with van der Waals surface area (Å²) in [5, 5.41) is 12.7. The van der Waals surface area contributed by atoms with Crippen molar-refractivity contribution in [1.29, 1.82) is 0 Å². The highest BCUT2D eigenvalue weighted by Gasteiger charge is 2.24. The fourth-order valence-corrected chi connectivity index (χ4v) is 4.77. The first-order chi connectivity index (χ1) is 15.6. The Hall–Kier alpha value is -3.01. The number of fused-ring (bicyclic) bond motifs is 1. The number of ether oxygens (including phenoxy) is 1. The number of rotatable bonds is 4. The SMILES string of the molecule is CC(c1ccccc1Br)c1cc(-c2nnccc2C2CNCCO2)nc2ncnc(N)c12. The van der Waals surface area contributed by atoms with Crippen molar-refractivity contribution in [2.75, 3.05) is 25.4 Å². The van der Waals surface area contributed by atoms with Crippen LogP contribution in [0.5, 0.6) is 0 Å². The molecule has 1 aromatic carbocycles. The first kappa shape index (κ1) is 20.9. The van der Waals surface area contributed by atoms with Gasteiger partial charge in [-0.1, -0.05) is 41.1 Å². The third-order valence-corrected chi connectivity index (χ3v) is 6.49.